The van der Waals surface area contributed by atoms with Gasteiger partial charge < -0.3 is 14.6 Å². The molecule has 0 aliphatic heterocycles. The normalized spacial score (nSPS) is 12.3. The minimum atomic E-state index is -0.250. The first-order chi connectivity index (χ1) is 12.8. The molecule has 3 aromatic rings. The molecule has 5 nitrogen and oxygen atoms in total. The molecule has 0 radical (unpaired) electrons. The van der Waals surface area contributed by atoms with Gasteiger partial charge in [-0.3, -0.25) is 9.59 Å². The quantitative estimate of drug-likeness (QED) is 0.753. The van der Waals surface area contributed by atoms with Crippen LogP contribution in [0.5, 0.6) is 0 Å². The van der Waals surface area contributed by atoms with Gasteiger partial charge in [0.2, 0.25) is 0 Å². The van der Waals surface area contributed by atoms with E-state index in [0.29, 0.717) is 22.3 Å². The zero-order chi connectivity index (χ0) is 19.6. The van der Waals surface area contributed by atoms with E-state index in [1.807, 2.05) is 57.1 Å². The largest absolute Gasteiger partial charge is 0.455 e. The van der Waals surface area contributed by atoms with E-state index >= 15 is 0 Å². The molecule has 1 amide bonds. The number of carbonyl (C=O) groups excluding carboxylic acids is 1. The van der Waals surface area contributed by atoms with Crippen molar-refractivity contribution in [1.29, 1.82) is 0 Å². The molecule has 0 saturated heterocycles. The summed E-state index contributed by atoms with van der Waals surface area (Å²) in [5.41, 5.74) is 2.40. The summed E-state index contributed by atoms with van der Waals surface area (Å²) in [6, 6.07) is 14.2. The lowest BCUT2D eigenvalue weighted by Crippen LogP contribution is -2.39. The van der Waals surface area contributed by atoms with Crippen LogP contribution in [0.4, 0.5) is 0 Å². The second-order valence-electron chi connectivity index (χ2n) is 7.16. The summed E-state index contributed by atoms with van der Waals surface area (Å²) in [6.45, 7) is 4.64. The number of rotatable bonds is 5. The molecule has 1 atom stereocenters. The van der Waals surface area contributed by atoms with E-state index < -0.39 is 0 Å². The third kappa shape index (κ3) is 4.26. The highest BCUT2D eigenvalue weighted by molar-refractivity contribution is 6.05. The molecule has 5 heteroatoms. The van der Waals surface area contributed by atoms with Crippen LogP contribution in [0.1, 0.15) is 22.8 Å². The number of carbonyl (C=O) groups is 1. The number of fused-ring (bicyclic) bond motifs is 1. The van der Waals surface area contributed by atoms with Crippen LogP contribution in [-0.4, -0.2) is 37.5 Å². The maximum absolute atomic E-state index is 12.8. The number of hydrogen-bond acceptors (Lipinski definition) is 4. The monoisotopic (exact) mass is 364 g/mol. The van der Waals surface area contributed by atoms with Crippen LogP contribution >= 0.6 is 0 Å². The molecule has 0 bridgehead atoms. The Morgan fingerprint density at radius 2 is 1.89 bits per heavy atom. The van der Waals surface area contributed by atoms with Gasteiger partial charge in [-0.15, -0.1) is 0 Å². The van der Waals surface area contributed by atoms with Crippen molar-refractivity contribution in [3.05, 3.63) is 69.9 Å². The average Bonchev–Trinajstić information content (AvgIpc) is 2.60. The number of benzene rings is 2. The fourth-order valence-electron chi connectivity index (χ4n) is 3.19. The first-order valence-corrected chi connectivity index (χ1v) is 8.94. The van der Waals surface area contributed by atoms with Crippen LogP contribution in [0, 0.1) is 6.92 Å². The average molecular weight is 364 g/mol. The van der Waals surface area contributed by atoms with E-state index in [-0.39, 0.29) is 17.4 Å². The third-order valence-electron chi connectivity index (χ3n) is 4.32. The Hall–Kier alpha value is -2.92. The van der Waals surface area contributed by atoms with Crippen LogP contribution in [0.15, 0.2) is 57.7 Å². The molecule has 140 valence electrons. The lowest BCUT2D eigenvalue weighted by atomic mass is 10.1. The Kier molecular flexibility index (Phi) is 5.42. The highest BCUT2D eigenvalue weighted by Gasteiger charge is 2.17. The predicted octanol–water partition coefficient (Wildman–Crippen LogP) is 3.45. The van der Waals surface area contributed by atoms with Crippen molar-refractivity contribution in [3.63, 3.8) is 0 Å². The molecule has 0 saturated carbocycles. The Labute approximate surface area is 158 Å². The van der Waals surface area contributed by atoms with E-state index in [0.717, 1.165) is 17.7 Å². The Morgan fingerprint density at radius 1 is 1.15 bits per heavy atom. The summed E-state index contributed by atoms with van der Waals surface area (Å²) >= 11 is 0. The maximum atomic E-state index is 12.8. The molecule has 0 aliphatic rings. The predicted molar refractivity (Wildman–Crippen MR) is 108 cm³/mol. The SMILES string of the molecule is Cc1cccc(-c2cc(=O)c3cccc(C(=O)NC(C)CN(C)C)c3o2)c1. The molecule has 3 rings (SSSR count). The molecule has 0 fully saturated rings. The fraction of sp³-hybridized carbons (Fsp3) is 0.273. The van der Waals surface area contributed by atoms with Crippen molar-refractivity contribution >= 4 is 16.9 Å². The Balaban J connectivity index is 2.06. The van der Waals surface area contributed by atoms with Gasteiger partial charge in [-0.1, -0.05) is 29.8 Å². The van der Waals surface area contributed by atoms with Crippen LogP contribution in [0.3, 0.4) is 0 Å². The number of hydrogen-bond donors (Lipinski definition) is 1. The summed E-state index contributed by atoms with van der Waals surface area (Å²) in [7, 11) is 3.90. The van der Waals surface area contributed by atoms with Crippen molar-refractivity contribution in [3.8, 4) is 11.3 Å². The van der Waals surface area contributed by atoms with Gasteiger partial charge in [0.05, 0.1) is 10.9 Å². The van der Waals surface area contributed by atoms with Crippen LogP contribution in [-0.2, 0) is 0 Å². The first kappa shape index (κ1) is 18.9. The second-order valence-corrected chi connectivity index (χ2v) is 7.16. The zero-order valence-corrected chi connectivity index (χ0v) is 16.1. The van der Waals surface area contributed by atoms with Crippen molar-refractivity contribution in [2.45, 2.75) is 19.9 Å². The van der Waals surface area contributed by atoms with Crippen molar-refractivity contribution in [2.75, 3.05) is 20.6 Å². The molecule has 0 aliphatic carbocycles. The molecule has 2 aromatic carbocycles. The minimum absolute atomic E-state index is 0.0329. The van der Waals surface area contributed by atoms with Gasteiger partial charge >= 0.3 is 0 Å². The smallest absolute Gasteiger partial charge is 0.255 e. The molecule has 1 N–H and O–H groups in total. The maximum Gasteiger partial charge on any atom is 0.255 e. The topological polar surface area (TPSA) is 62.6 Å². The van der Waals surface area contributed by atoms with Crippen molar-refractivity contribution in [1.82, 2.24) is 10.2 Å². The molecule has 1 unspecified atom stereocenters. The lowest BCUT2D eigenvalue weighted by Gasteiger charge is -2.18. The summed E-state index contributed by atoms with van der Waals surface area (Å²) < 4.78 is 6.03. The minimum Gasteiger partial charge on any atom is -0.455 e. The van der Waals surface area contributed by atoms with E-state index in [1.54, 1.807) is 18.2 Å². The number of amides is 1. The standard InChI is InChI=1S/C22H24N2O3/c1-14-7-5-8-16(11-14)20-12-19(25)17-9-6-10-18(21(17)27-20)22(26)23-15(2)13-24(3)4/h5-12,15H,13H2,1-4H3,(H,23,26). The zero-order valence-electron chi connectivity index (χ0n) is 16.1. The van der Waals surface area contributed by atoms with E-state index in [9.17, 15) is 9.59 Å². The summed E-state index contributed by atoms with van der Waals surface area (Å²) in [4.78, 5) is 27.4. The Bertz CT molecular complexity index is 1040. The van der Waals surface area contributed by atoms with Gasteiger partial charge in [-0.2, -0.15) is 0 Å². The molecule has 1 aromatic heterocycles. The van der Waals surface area contributed by atoms with Crippen LogP contribution < -0.4 is 10.7 Å². The number of para-hydroxylation sites is 1. The van der Waals surface area contributed by atoms with Gasteiger partial charge in [-0.05, 0) is 46.1 Å². The number of nitrogens with zero attached hydrogens (tertiary/aromatic N) is 1. The van der Waals surface area contributed by atoms with Gasteiger partial charge in [0.25, 0.3) is 5.91 Å². The van der Waals surface area contributed by atoms with E-state index in [4.69, 9.17) is 4.42 Å². The highest BCUT2D eigenvalue weighted by atomic mass is 16.3. The highest BCUT2D eigenvalue weighted by Crippen LogP contribution is 2.25. The van der Waals surface area contributed by atoms with Gasteiger partial charge in [-0.25, -0.2) is 0 Å². The van der Waals surface area contributed by atoms with Crippen molar-refractivity contribution < 1.29 is 9.21 Å². The van der Waals surface area contributed by atoms with Crippen LogP contribution in [0.2, 0.25) is 0 Å². The van der Waals surface area contributed by atoms with E-state index in [1.165, 1.54) is 6.07 Å². The Morgan fingerprint density at radius 3 is 2.59 bits per heavy atom. The number of aryl methyl sites for hydroxylation is 1. The van der Waals surface area contributed by atoms with Gasteiger partial charge in [0.1, 0.15) is 5.76 Å². The lowest BCUT2D eigenvalue weighted by molar-refractivity contribution is 0.0935. The number of nitrogens with one attached hydrogen (secondary N) is 1. The molecule has 27 heavy (non-hydrogen) atoms. The van der Waals surface area contributed by atoms with Gasteiger partial charge in [0, 0.05) is 24.2 Å². The third-order valence-corrected chi connectivity index (χ3v) is 4.32. The van der Waals surface area contributed by atoms with E-state index in [2.05, 4.69) is 5.32 Å². The first-order valence-electron chi connectivity index (χ1n) is 8.94. The number of likely N-dealkylation sites (N-methyl/N-ethyl adjacent to an activating group) is 1. The molecular weight excluding hydrogens is 340 g/mol. The summed E-state index contributed by atoms with van der Waals surface area (Å²) in [5, 5.41) is 3.37. The van der Waals surface area contributed by atoms with Crippen molar-refractivity contribution in [2.24, 2.45) is 0 Å². The molecule has 1 heterocycles. The fourth-order valence-corrected chi connectivity index (χ4v) is 3.19. The second kappa shape index (κ2) is 7.76. The van der Waals surface area contributed by atoms with Crippen LogP contribution in [0.25, 0.3) is 22.3 Å². The molecular formula is C22H24N2O3. The van der Waals surface area contributed by atoms with Gasteiger partial charge in [0.15, 0.2) is 11.0 Å². The summed E-state index contributed by atoms with van der Waals surface area (Å²) in [5.74, 6) is 0.206. The summed E-state index contributed by atoms with van der Waals surface area (Å²) in [6.07, 6.45) is 0. The molecule has 0 spiro atoms.